The van der Waals surface area contributed by atoms with E-state index in [-0.39, 0.29) is 62.3 Å². The van der Waals surface area contributed by atoms with Crippen molar-refractivity contribution in [1.82, 2.24) is 16.0 Å². The number of rotatable bonds is 17. The van der Waals surface area contributed by atoms with E-state index in [1.54, 1.807) is 74.4 Å². The lowest BCUT2D eigenvalue weighted by atomic mass is 10.0. The van der Waals surface area contributed by atoms with Crippen molar-refractivity contribution in [1.29, 1.82) is 0 Å². The predicted octanol–water partition coefficient (Wildman–Crippen LogP) is 7.74. The average molecular weight is 759 g/mol. The molecule has 0 unspecified atom stereocenters. The highest BCUT2D eigenvalue weighted by Crippen LogP contribution is 2.40. The van der Waals surface area contributed by atoms with Gasteiger partial charge in [0.1, 0.15) is 16.8 Å². The summed E-state index contributed by atoms with van der Waals surface area (Å²) in [5.41, 5.74) is 2.24. The predicted molar refractivity (Wildman–Crippen MR) is 208 cm³/mol. The van der Waals surface area contributed by atoms with E-state index in [1.807, 2.05) is 32.9 Å². The number of amides is 4. The Morgan fingerprint density at radius 1 is 0.537 bits per heavy atom. The highest BCUT2D eigenvalue weighted by atomic mass is 16.6. The van der Waals surface area contributed by atoms with Gasteiger partial charge in [-0.1, -0.05) is 0 Å². The number of carbonyl (C=O) groups excluding carboxylic acids is 4. The van der Waals surface area contributed by atoms with Gasteiger partial charge in [0.15, 0.2) is 11.5 Å². The standard InChI is InChI=1S/C40H62N4O10/c1-26-22-30(23-27(2)28(26)3)44-34(45)29-24-31(49-19-13-16-41-35(46)52-38(4,5)6)33(51-21-15-18-43-37(48)54-40(10,11)12)32(25-29)50-20-14-17-42-36(47)53-39(7,8)9/h22-25H,13-21H2,1-12H3,(H,41,46)(H,42,47)(H,43,48)(H,44,45). The molecule has 4 amide bonds. The SMILES string of the molecule is Cc1cc(NC(=O)c2cc(OCCCNC(=O)OC(C)(C)C)c(OCCCNC(=O)OC(C)(C)C)c(OCCCNC(=O)OC(C)(C)C)c2)cc(C)c1C. The molecule has 0 aromatic heterocycles. The molecule has 2 aromatic carbocycles. The number of carbonyl (C=O) groups is 4. The van der Waals surface area contributed by atoms with Crippen molar-refractivity contribution < 1.29 is 47.6 Å². The van der Waals surface area contributed by atoms with Crippen molar-refractivity contribution in [2.24, 2.45) is 0 Å². The van der Waals surface area contributed by atoms with Gasteiger partial charge < -0.3 is 49.7 Å². The Morgan fingerprint density at radius 3 is 1.24 bits per heavy atom. The molecule has 4 N–H and O–H groups in total. The van der Waals surface area contributed by atoms with E-state index in [9.17, 15) is 19.2 Å². The zero-order valence-corrected chi connectivity index (χ0v) is 34.3. The first-order valence-corrected chi connectivity index (χ1v) is 18.4. The molecule has 2 aromatic rings. The first-order chi connectivity index (χ1) is 25.0. The molecular weight excluding hydrogens is 696 g/mol. The summed E-state index contributed by atoms with van der Waals surface area (Å²) in [6.07, 6.45) is -0.351. The summed E-state index contributed by atoms with van der Waals surface area (Å²) in [6, 6.07) is 6.98. The molecule has 0 bridgehead atoms. The summed E-state index contributed by atoms with van der Waals surface area (Å²) < 4.78 is 34.5. The summed E-state index contributed by atoms with van der Waals surface area (Å²) in [5, 5.41) is 11.1. The summed E-state index contributed by atoms with van der Waals surface area (Å²) in [5.74, 6) is 0.362. The van der Waals surface area contributed by atoms with Crippen LogP contribution in [-0.4, -0.2) is 80.4 Å². The Kier molecular flexibility index (Phi) is 17.2. The van der Waals surface area contributed by atoms with E-state index in [4.69, 9.17) is 28.4 Å². The minimum Gasteiger partial charge on any atom is -0.489 e. The summed E-state index contributed by atoms with van der Waals surface area (Å²) in [7, 11) is 0. The van der Waals surface area contributed by atoms with E-state index in [0.29, 0.717) is 24.9 Å². The van der Waals surface area contributed by atoms with Crippen LogP contribution >= 0.6 is 0 Å². The van der Waals surface area contributed by atoms with Gasteiger partial charge in [-0.05, 0) is 143 Å². The minimum absolute atomic E-state index is 0.160. The molecule has 14 nitrogen and oxygen atoms in total. The molecule has 0 saturated heterocycles. The van der Waals surface area contributed by atoms with Crippen LogP contribution in [0.15, 0.2) is 24.3 Å². The molecule has 14 heteroatoms. The average Bonchev–Trinajstić information content (AvgIpc) is 3.01. The van der Waals surface area contributed by atoms with Crippen LogP contribution in [0.5, 0.6) is 17.2 Å². The third kappa shape index (κ3) is 18.2. The van der Waals surface area contributed by atoms with Gasteiger partial charge in [0.2, 0.25) is 5.75 Å². The van der Waals surface area contributed by atoms with Crippen LogP contribution < -0.4 is 35.5 Å². The maximum atomic E-state index is 13.7. The Bertz CT molecular complexity index is 1490. The molecule has 0 saturated carbocycles. The van der Waals surface area contributed by atoms with Crippen molar-refractivity contribution >= 4 is 29.9 Å². The van der Waals surface area contributed by atoms with Gasteiger partial charge in [0.05, 0.1) is 19.8 Å². The minimum atomic E-state index is -0.631. The molecule has 0 aliphatic carbocycles. The van der Waals surface area contributed by atoms with E-state index in [1.165, 1.54) is 0 Å². The summed E-state index contributed by atoms with van der Waals surface area (Å²) >= 11 is 0. The topological polar surface area (TPSA) is 172 Å². The van der Waals surface area contributed by atoms with Crippen molar-refractivity contribution in [3.63, 3.8) is 0 Å². The molecule has 0 spiro atoms. The smallest absolute Gasteiger partial charge is 0.407 e. The lowest BCUT2D eigenvalue weighted by Gasteiger charge is -2.21. The van der Waals surface area contributed by atoms with Crippen LogP contribution in [0.4, 0.5) is 20.1 Å². The van der Waals surface area contributed by atoms with Gasteiger partial charge in [-0.15, -0.1) is 0 Å². The largest absolute Gasteiger partial charge is 0.489 e. The van der Waals surface area contributed by atoms with Crippen LogP contribution in [0.3, 0.4) is 0 Å². The molecule has 0 radical (unpaired) electrons. The van der Waals surface area contributed by atoms with Gasteiger partial charge in [-0.25, -0.2) is 14.4 Å². The fourth-order valence-electron chi connectivity index (χ4n) is 4.64. The first-order valence-electron chi connectivity index (χ1n) is 18.4. The van der Waals surface area contributed by atoms with E-state index < -0.39 is 41.0 Å². The number of alkyl carbamates (subject to hydrolysis) is 3. The second kappa shape index (κ2) is 20.5. The number of hydrogen-bond donors (Lipinski definition) is 4. The molecule has 0 aliphatic heterocycles. The summed E-state index contributed by atoms with van der Waals surface area (Å²) in [6.45, 7) is 23.4. The molecule has 0 fully saturated rings. The van der Waals surface area contributed by atoms with Crippen molar-refractivity contribution in [2.45, 2.75) is 119 Å². The molecule has 2 rings (SSSR count). The molecule has 302 valence electrons. The number of hydrogen-bond acceptors (Lipinski definition) is 10. The zero-order chi connectivity index (χ0) is 40.7. The number of nitrogens with one attached hydrogen (secondary N) is 4. The van der Waals surface area contributed by atoms with Gasteiger partial charge in [-0.2, -0.15) is 0 Å². The van der Waals surface area contributed by atoms with Gasteiger partial charge in [0.25, 0.3) is 5.91 Å². The lowest BCUT2D eigenvalue weighted by molar-refractivity contribution is 0.0512. The van der Waals surface area contributed by atoms with Crippen molar-refractivity contribution in [2.75, 3.05) is 44.8 Å². The summed E-state index contributed by atoms with van der Waals surface area (Å²) in [4.78, 5) is 50.1. The Labute approximate surface area is 320 Å². The molecule has 0 atom stereocenters. The van der Waals surface area contributed by atoms with Gasteiger partial charge >= 0.3 is 18.3 Å². The zero-order valence-electron chi connectivity index (χ0n) is 34.3. The third-order valence-corrected chi connectivity index (χ3v) is 7.20. The Balaban J connectivity index is 2.33. The quantitative estimate of drug-likeness (QED) is 0.0924. The molecule has 0 aliphatic rings. The van der Waals surface area contributed by atoms with Gasteiger partial charge in [-0.3, -0.25) is 4.79 Å². The van der Waals surface area contributed by atoms with E-state index in [0.717, 1.165) is 16.7 Å². The Morgan fingerprint density at radius 2 is 0.889 bits per heavy atom. The van der Waals surface area contributed by atoms with Crippen molar-refractivity contribution in [3.8, 4) is 17.2 Å². The molecular formula is C40H62N4O10. The monoisotopic (exact) mass is 758 g/mol. The first kappa shape index (κ1) is 45.3. The van der Waals surface area contributed by atoms with E-state index in [2.05, 4.69) is 21.3 Å². The highest BCUT2D eigenvalue weighted by molar-refractivity contribution is 6.05. The van der Waals surface area contributed by atoms with Crippen LogP contribution in [0.25, 0.3) is 0 Å². The third-order valence-electron chi connectivity index (χ3n) is 7.20. The van der Waals surface area contributed by atoms with Gasteiger partial charge in [0, 0.05) is 30.9 Å². The fraction of sp³-hybridized carbons (Fsp3) is 0.600. The Hall–Kier alpha value is -4.88. The number of ether oxygens (including phenoxy) is 6. The number of aryl methyl sites for hydroxylation is 2. The second-order valence-electron chi connectivity index (χ2n) is 15.9. The molecule has 54 heavy (non-hydrogen) atoms. The van der Waals surface area contributed by atoms with E-state index >= 15 is 0 Å². The van der Waals surface area contributed by atoms with Crippen molar-refractivity contribution in [3.05, 3.63) is 46.5 Å². The number of benzene rings is 2. The maximum absolute atomic E-state index is 13.7. The normalized spacial score (nSPS) is 11.6. The lowest BCUT2D eigenvalue weighted by Crippen LogP contribution is -2.33. The highest BCUT2D eigenvalue weighted by Gasteiger charge is 2.21. The maximum Gasteiger partial charge on any atom is 0.407 e. The fourth-order valence-corrected chi connectivity index (χ4v) is 4.64. The second-order valence-corrected chi connectivity index (χ2v) is 15.9. The van der Waals surface area contributed by atoms with Crippen LogP contribution in [0, 0.1) is 20.8 Å². The van der Waals surface area contributed by atoms with Crippen LogP contribution in [0.1, 0.15) is 109 Å². The number of anilines is 1. The van der Waals surface area contributed by atoms with Crippen LogP contribution in [0.2, 0.25) is 0 Å². The van der Waals surface area contributed by atoms with Crippen LogP contribution in [-0.2, 0) is 14.2 Å². The molecule has 0 heterocycles.